The van der Waals surface area contributed by atoms with Crippen LogP contribution in [0.1, 0.15) is 34.6 Å². The molecule has 2 aliphatic rings. The Morgan fingerprint density at radius 3 is 2.95 bits per heavy atom. The SMILES string of the molecule is O=C(CCc1ccc2c(c1)CCO2)C1Cc2ccccc21. The van der Waals surface area contributed by atoms with Crippen molar-refractivity contribution in [2.75, 3.05) is 6.61 Å². The lowest BCUT2D eigenvalue weighted by molar-refractivity contribution is -0.121. The molecule has 2 nitrogen and oxygen atoms in total. The van der Waals surface area contributed by atoms with Crippen LogP contribution in [0.25, 0.3) is 0 Å². The Balaban J connectivity index is 1.40. The van der Waals surface area contributed by atoms with E-state index in [0.29, 0.717) is 12.2 Å². The number of Topliss-reactive ketones (excluding diaryl/α,β-unsaturated/α-hetero) is 1. The van der Waals surface area contributed by atoms with E-state index in [9.17, 15) is 4.79 Å². The van der Waals surface area contributed by atoms with Gasteiger partial charge in [0.05, 0.1) is 6.61 Å². The lowest BCUT2D eigenvalue weighted by atomic mass is 9.74. The number of carbonyl (C=O) groups excluding carboxylic acids is 1. The van der Waals surface area contributed by atoms with E-state index in [2.05, 4.69) is 24.3 Å². The second kappa shape index (κ2) is 5.03. The van der Waals surface area contributed by atoms with Crippen LogP contribution in [-0.4, -0.2) is 12.4 Å². The van der Waals surface area contributed by atoms with E-state index in [-0.39, 0.29) is 5.92 Å². The molecule has 2 heteroatoms. The minimum Gasteiger partial charge on any atom is -0.493 e. The fourth-order valence-electron chi connectivity index (χ4n) is 3.38. The lowest BCUT2D eigenvalue weighted by Crippen LogP contribution is -2.25. The maximum absolute atomic E-state index is 12.4. The number of benzene rings is 2. The molecular weight excluding hydrogens is 260 g/mol. The summed E-state index contributed by atoms with van der Waals surface area (Å²) in [4.78, 5) is 12.4. The van der Waals surface area contributed by atoms with E-state index in [1.165, 1.54) is 22.3 Å². The molecule has 4 rings (SSSR count). The van der Waals surface area contributed by atoms with E-state index in [4.69, 9.17) is 4.74 Å². The van der Waals surface area contributed by atoms with Gasteiger partial charge in [-0.15, -0.1) is 0 Å². The van der Waals surface area contributed by atoms with Crippen molar-refractivity contribution < 1.29 is 9.53 Å². The van der Waals surface area contributed by atoms with Crippen molar-refractivity contribution in [1.82, 2.24) is 0 Å². The van der Waals surface area contributed by atoms with Gasteiger partial charge in [-0.2, -0.15) is 0 Å². The molecule has 0 fully saturated rings. The first-order valence-electron chi connectivity index (χ1n) is 7.66. The third-order valence-corrected chi connectivity index (χ3v) is 4.66. The normalized spacial score (nSPS) is 18.4. The predicted octanol–water partition coefficient (Wildman–Crippen LogP) is 3.46. The van der Waals surface area contributed by atoms with Crippen molar-refractivity contribution in [2.24, 2.45) is 0 Å². The average molecular weight is 278 g/mol. The van der Waals surface area contributed by atoms with Gasteiger partial charge in [0.25, 0.3) is 0 Å². The highest BCUT2D eigenvalue weighted by atomic mass is 16.5. The largest absolute Gasteiger partial charge is 0.493 e. The number of carbonyl (C=O) groups is 1. The van der Waals surface area contributed by atoms with E-state index in [1.54, 1.807) is 0 Å². The quantitative estimate of drug-likeness (QED) is 0.856. The zero-order valence-corrected chi connectivity index (χ0v) is 12.0. The first kappa shape index (κ1) is 12.6. The van der Waals surface area contributed by atoms with Crippen LogP contribution in [0.15, 0.2) is 42.5 Å². The number of hydrogen-bond acceptors (Lipinski definition) is 2. The first-order chi connectivity index (χ1) is 10.3. The van der Waals surface area contributed by atoms with Gasteiger partial charge in [-0.25, -0.2) is 0 Å². The number of ketones is 1. The van der Waals surface area contributed by atoms with Crippen molar-refractivity contribution in [3.8, 4) is 5.75 Å². The standard InChI is InChI=1S/C19H18O2/c20-18(17-12-14-3-1-2-4-16(14)17)7-5-13-6-8-19-15(11-13)9-10-21-19/h1-4,6,8,11,17H,5,7,9-10,12H2. The van der Waals surface area contributed by atoms with Crippen molar-refractivity contribution >= 4 is 5.78 Å². The number of aryl methyl sites for hydroxylation is 1. The van der Waals surface area contributed by atoms with Crippen LogP contribution in [0.2, 0.25) is 0 Å². The average Bonchev–Trinajstić information content (AvgIpc) is 2.94. The minimum atomic E-state index is 0.138. The highest BCUT2D eigenvalue weighted by Crippen LogP contribution is 2.36. The molecule has 2 aromatic carbocycles. The van der Waals surface area contributed by atoms with Gasteiger partial charge in [-0.05, 0) is 41.2 Å². The maximum Gasteiger partial charge on any atom is 0.141 e. The molecule has 0 N–H and O–H groups in total. The molecule has 106 valence electrons. The first-order valence-corrected chi connectivity index (χ1v) is 7.66. The summed E-state index contributed by atoms with van der Waals surface area (Å²) in [6, 6.07) is 14.6. The van der Waals surface area contributed by atoms with Crippen LogP contribution >= 0.6 is 0 Å². The van der Waals surface area contributed by atoms with Gasteiger partial charge >= 0.3 is 0 Å². The third kappa shape index (κ3) is 2.25. The fourth-order valence-corrected chi connectivity index (χ4v) is 3.38. The van der Waals surface area contributed by atoms with E-state index < -0.39 is 0 Å². The maximum atomic E-state index is 12.4. The molecule has 0 bridgehead atoms. The van der Waals surface area contributed by atoms with Crippen LogP contribution in [0, 0.1) is 0 Å². The second-order valence-electron chi connectivity index (χ2n) is 5.96. The monoisotopic (exact) mass is 278 g/mol. The number of fused-ring (bicyclic) bond motifs is 2. The molecule has 21 heavy (non-hydrogen) atoms. The Morgan fingerprint density at radius 2 is 2.05 bits per heavy atom. The van der Waals surface area contributed by atoms with Gasteiger partial charge < -0.3 is 4.74 Å². The molecule has 0 amide bonds. The topological polar surface area (TPSA) is 26.3 Å². The van der Waals surface area contributed by atoms with E-state index >= 15 is 0 Å². The second-order valence-corrected chi connectivity index (χ2v) is 5.96. The predicted molar refractivity (Wildman–Crippen MR) is 81.9 cm³/mol. The molecule has 1 unspecified atom stereocenters. The highest BCUT2D eigenvalue weighted by molar-refractivity contribution is 5.88. The zero-order chi connectivity index (χ0) is 14.2. The van der Waals surface area contributed by atoms with Crippen molar-refractivity contribution in [3.05, 3.63) is 64.7 Å². The van der Waals surface area contributed by atoms with Crippen LogP contribution in [0.3, 0.4) is 0 Å². The van der Waals surface area contributed by atoms with Crippen LogP contribution in [0.4, 0.5) is 0 Å². The zero-order valence-electron chi connectivity index (χ0n) is 12.0. The van der Waals surface area contributed by atoms with E-state index in [0.717, 1.165) is 31.6 Å². The summed E-state index contributed by atoms with van der Waals surface area (Å²) in [5.41, 5.74) is 5.12. The van der Waals surface area contributed by atoms with Crippen molar-refractivity contribution in [1.29, 1.82) is 0 Å². The molecule has 0 radical (unpaired) electrons. The van der Waals surface area contributed by atoms with Crippen LogP contribution < -0.4 is 4.74 Å². The molecule has 0 saturated heterocycles. The van der Waals surface area contributed by atoms with Gasteiger partial charge in [0.2, 0.25) is 0 Å². The van der Waals surface area contributed by atoms with Crippen molar-refractivity contribution in [2.45, 2.75) is 31.6 Å². The minimum absolute atomic E-state index is 0.138. The number of ether oxygens (including phenoxy) is 1. The van der Waals surface area contributed by atoms with Gasteiger partial charge in [-0.1, -0.05) is 36.4 Å². The fraction of sp³-hybridized carbons (Fsp3) is 0.316. The summed E-state index contributed by atoms with van der Waals surface area (Å²) >= 11 is 0. The molecule has 1 aliphatic carbocycles. The summed E-state index contributed by atoms with van der Waals surface area (Å²) in [5, 5.41) is 0. The number of hydrogen-bond donors (Lipinski definition) is 0. The molecule has 0 spiro atoms. The Morgan fingerprint density at radius 1 is 1.14 bits per heavy atom. The Bertz CT molecular complexity index is 702. The highest BCUT2D eigenvalue weighted by Gasteiger charge is 2.30. The molecule has 2 aromatic rings. The van der Waals surface area contributed by atoms with Crippen LogP contribution in [-0.2, 0) is 24.1 Å². The third-order valence-electron chi connectivity index (χ3n) is 4.66. The van der Waals surface area contributed by atoms with Gasteiger partial charge in [0.15, 0.2) is 0 Å². The van der Waals surface area contributed by atoms with E-state index in [1.807, 2.05) is 18.2 Å². The molecular formula is C19H18O2. The Kier molecular flexibility index (Phi) is 3.03. The van der Waals surface area contributed by atoms with Crippen molar-refractivity contribution in [3.63, 3.8) is 0 Å². The molecule has 1 atom stereocenters. The summed E-state index contributed by atoms with van der Waals surface area (Å²) in [6.45, 7) is 0.788. The Labute approximate surface area is 124 Å². The Hall–Kier alpha value is -2.09. The molecule has 0 aromatic heterocycles. The van der Waals surface area contributed by atoms with Crippen LogP contribution in [0.5, 0.6) is 5.75 Å². The molecule has 1 heterocycles. The van der Waals surface area contributed by atoms with Gasteiger partial charge in [-0.3, -0.25) is 4.79 Å². The molecule has 0 saturated carbocycles. The summed E-state index contributed by atoms with van der Waals surface area (Å²) < 4.78 is 5.52. The summed E-state index contributed by atoms with van der Waals surface area (Å²) in [5.74, 6) is 1.53. The smallest absolute Gasteiger partial charge is 0.141 e. The van der Waals surface area contributed by atoms with Gasteiger partial charge in [0.1, 0.15) is 11.5 Å². The van der Waals surface area contributed by atoms with Gasteiger partial charge in [0, 0.05) is 18.8 Å². The lowest BCUT2D eigenvalue weighted by Gasteiger charge is -2.28. The summed E-state index contributed by atoms with van der Waals surface area (Å²) in [7, 11) is 0. The molecule has 1 aliphatic heterocycles. The number of rotatable bonds is 4. The summed E-state index contributed by atoms with van der Waals surface area (Å²) in [6.07, 6.45) is 3.39.